The van der Waals surface area contributed by atoms with Crippen LogP contribution in [-0.2, 0) is 6.18 Å². The van der Waals surface area contributed by atoms with Crippen molar-refractivity contribution in [2.45, 2.75) is 78.8 Å². The Bertz CT molecular complexity index is 718. The normalized spacial score (nSPS) is 12.9. The van der Waals surface area contributed by atoms with Crippen molar-refractivity contribution in [1.82, 2.24) is 9.38 Å². The van der Waals surface area contributed by atoms with Crippen molar-refractivity contribution < 1.29 is 17.6 Å². The Morgan fingerprint density at radius 3 is 1.89 bits per heavy atom. The van der Waals surface area contributed by atoms with Crippen molar-refractivity contribution in [1.29, 1.82) is 0 Å². The van der Waals surface area contributed by atoms with Crippen LogP contribution in [0, 0.1) is 5.82 Å². The molecule has 0 fully saturated rings. The fourth-order valence-electron chi connectivity index (χ4n) is 4.00. The summed E-state index contributed by atoms with van der Waals surface area (Å²) in [6.07, 6.45) is 2.39. The summed E-state index contributed by atoms with van der Waals surface area (Å²) in [5.74, 6) is -0.517. The second-order valence-electron chi connectivity index (χ2n) is 7.47. The van der Waals surface area contributed by atoms with Crippen molar-refractivity contribution in [3.63, 3.8) is 0 Å². The fraction of sp³-hybridized carbons (Fsp3) is 0.650. The third-order valence-electron chi connectivity index (χ3n) is 5.38. The molecule has 0 radical (unpaired) electrons. The second-order valence-corrected chi connectivity index (χ2v) is 20.4. The molecule has 0 spiro atoms. The van der Waals surface area contributed by atoms with Crippen molar-refractivity contribution >= 4 is 27.7 Å². The van der Waals surface area contributed by atoms with E-state index in [0.29, 0.717) is 3.71 Å². The Hall–Kier alpha value is -0.791. The van der Waals surface area contributed by atoms with Crippen LogP contribution in [0.3, 0.4) is 0 Å². The minimum absolute atomic E-state index is 0.212. The topological polar surface area (TPSA) is 17.3 Å². The second kappa shape index (κ2) is 9.61. The van der Waals surface area contributed by atoms with Crippen LogP contribution in [0.2, 0.25) is 13.3 Å². The minimum atomic E-state index is -4.51. The molecule has 0 N–H and O–H groups in total. The van der Waals surface area contributed by atoms with Crippen molar-refractivity contribution in [2.75, 3.05) is 0 Å². The quantitative estimate of drug-likeness (QED) is 0.271. The van der Waals surface area contributed by atoms with E-state index < -0.39 is 36.1 Å². The zero-order chi connectivity index (χ0) is 20.1. The van der Waals surface area contributed by atoms with Gasteiger partial charge in [0.15, 0.2) is 0 Å². The zero-order valence-electron chi connectivity index (χ0n) is 16.5. The molecule has 2 heterocycles. The van der Waals surface area contributed by atoms with Gasteiger partial charge in [-0.2, -0.15) is 0 Å². The van der Waals surface area contributed by atoms with Crippen LogP contribution < -0.4 is 3.71 Å². The number of imidazole rings is 1. The molecule has 0 saturated heterocycles. The molecule has 2 rings (SSSR count). The number of aromatic nitrogens is 2. The van der Waals surface area contributed by atoms with Gasteiger partial charge in [0.05, 0.1) is 0 Å². The third-order valence-corrected chi connectivity index (χ3v) is 20.8. The van der Waals surface area contributed by atoms with E-state index in [1.54, 1.807) is 0 Å². The molecule has 2 nitrogen and oxygen atoms in total. The van der Waals surface area contributed by atoms with Crippen LogP contribution in [0.5, 0.6) is 0 Å². The average molecular weight is 493 g/mol. The molecule has 2 aromatic rings. The first-order valence-electron chi connectivity index (χ1n) is 10.0. The fourth-order valence-corrected chi connectivity index (χ4v) is 21.0. The molecule has 0 aliphatic rings. The Morgan fingerprint density at radius 2 is 1.44 bits per heavy atom. The molecule has 0 bridgehead atoms. The molecule has 0 saturated carbocycles. The monoisotopic (exact) mass is 494 g/mol. The van der Waals surface area contributed by atoms with E-state index in [-0.39, 0.29) is 5.65 Å². The first-order valence-corrected chi connectivity index (χ1v) is 17.5. The zero-order valence-corrected chi connectivity index (χ0v) is 19.4. The number of pyridine rings is 1. The van der Waals surface area contributed by atoms with Crippen molar-refractivity contribution in [2.24, 2.45) is 0 Å². The number of halogens is 4. The predicted molar refractivity (Wildman–Crippen MR) is 105 cm³/mol. The van der Waals surface area contributed by atoms with Crippen molar-refractivity contribution in [3.8, 4) is 0 Å². The summed E-state index contributed by atoms with van der Waals surface area (Å²) in [7, 11) is 0. The summed E-state index contributed by atoms with van der Waals surface area (Å²) in [5, 5.41) is 0. The number of fused-ring (bicyclic) bond motifs is 1. The van der Waals surface area contributed by atoms with Gasteiger partial charge in [0, 0.05) is 0 Å². The number of alkyl halides is 3. The molecule has 0 aliphatic carbocycles. The van der Waals surface area contributed by atoms with Crippen LogP contribution in [0.25, 0.3) is 5.65 Å². The molecule has 0 amide bonds. The SMILES string of the molecule is CCC[CH2][Sn]([CH2]CCC)([CH2]CCC)[c]1c(C(F)(F)F)nc2ccc(F)cn12. The number of hydrogen-bond acceptors (Lipinski definition) is 1. The maximum absolute atomic E-state index is 14.0. The van der Waals surface area contributed by atoms with Gasteiger partial charge in [-0.3, -0.25) is 0 Å². The van der Waals surface area contributed by atoms with Crippen LogP contribution in [0.4, 0.5) is 17.6 Å². The summed E-state index contributed by atoms with van der Waals surface area (Å²) in [4.78, 5) is 3.94. The van der Waals surface area contributed by atoms with Gasteiger partial charge in [0.2, 0.25) is 0 Å². The van der Waals surface area contributed by atoms with Gasteiger partial charge in [-0.05, 0) is 0 Å². The number of unbranched alkanes of at least 4 members (excludes halogenated alkanes) is 3. The number of nitrogens with zero attached hydrogens (tertiary/aromatic N) is 2. The Labute approximate surface area is 163 Å². The Balaban J connectivity index is 2.77. The van der Waals surface area contributed by atoms with Crippen LogP contribution >= 0.6 is 0 Å². The van der Waals surface area contributed by atoms with Crippen LogP contribution in [0.1, 0.15) is 65.0 Å². The van der Waals surface area contributed by atoms with E-state index in [4.69, 9.17) is 0 Å². The average Bonchev–Trinajstić information content (AvgIpc) is 3.01. The predicted octanol–water partition coefficient (Wildman–Crippen LogP) is 6.55. The van der Waals surface area contributed by atoms with Gasteiger partial charge in [-0.15, -0.1) is 0 Å². The summed E-state index contributed by atoms with van der Waals surface area (Å²) in [6.45, 7) is 6.24. The van der Waals surface area contributed by atoms with Gasteiger partial charge in [-0.1, -0.05) is 0 Å². The Kier molecular flexibility index (Phi) is 8.01. The van der Waals surface area contributed by atoms with Gasteiger partial charge in [0.25, 0.3) is 0 Å². The van der Waals surface area contributed by atoms with E-state index in [0.717, 1.165) is 51.8 Å². The first-order chi connectivity index (χ1) is 12.8. The van der Waals surface area contributed by atoms with Gasteiger partial charge < -0.3 is 0 Å². The number of hydrogen-bond donors (Lipinski definition) is 0. The van der Waals surface area contributed by atoms with E-state index in [9.17, 15) is 17.6 Å². The first kappa shape index (κ1) is 22.5. The summed E-state index contributed by atoms with van der Waals surface area (Å²) < 4.78 is 60.2. The standard InChI is InChI=1S/C8H3F4N2.3C4H9.Sn/c9-5-1-2-7-13-6(8(10,11)12)4-14(7)3-5;3*1-3-4-2;/h1-3H;3*1,3-4H2,2H3;. The molecule has 27 heavy (non-hydrogen) atoms. The van der Waals surface area contributed by atoms with E-state index in [1.165, 1.54) is 22.7 Å². The van der Waals surface area contributed by atoms with E-state index >= 15 is 0 Å². The Morgan fingerprint density at radius 1 is 0.926 bits per heavy atom. The summed E-state index contributed by atoms with van der Waals surface area (Å²) in [6, 6.07) is 2.55. The molecule has 7 heteroatoms. The third kappa shape index (κ3) is 5.18. The van der Waals surface area contributed by atoms with Gasteiger partial charge in [0.1, 0.15) is 0 Å². The van der Waals surface area contributed by atoms with Gasteiger partial charge >= 0.3 is 163 Å². The van der Waals surface area contributed by atoms with E-state index in [2.05, 4.69) is 25.8 Å². The number of rotatable bonds is 10. The molecule has 0 atom stereocenters. The molecule has 2 aromatic heterocycles. The van der Waals surface area contributed by atoms with Gasteiger partial charge in [-0.25, -0.2) is 0 Å². The molecular weight excluding hydrogens is 463 g/mol. The summed E-state index contributed by atoms with van der Waals surface area (Å²) in [5.41, 5.74) is -0.545. The summed E-state index contributed by atoms with van der Waals surface area (Å²) >= 11 is -3.47. The van der Waals surface area contributed by atoms with Crippen LogP contribution in [-0.4, -0.2) is 27.8 Å². The van der Waals surface area contributed by atoms with E-state index in [1.807, 2.05) is 0 Å². The molecule has 0 unspecified atom stereocenters. The molecule has 0 aromatic carbocycles. The molecule has 152 valence electrons. The maximum atomic E-state index is 14.0. The molecular formula is C20H30F4N2Sn. The van der Waals surface area contributed by atoms with Crippen molar-refractivity contribution in [3.05, 3.63) is 29.8 Å². The molecule has 0 aliphatic heterocycles. The van der Waals surface area contributed by atoms with Crippen LogP contribution in [0.15, 0.2) is 18.3 Å².